The molecule has 0 aliphatic rings. The van der Waals surface area contributed by atoms with Gasteiger partial charge in [0.25, 0.3) is 0 Å². The van der Waals surface area contributed by atoms with Gasteiger partial charge in [-0.25, -0.2) is 0 Å². The van der Waals surface area contributed by atoms with Crippen molar-refractivity contribution in [1.82, 2.24) is 10.3 Å². The van der Waals surface area contributed by atoms with Gasteiger partial charge in [0.05, 0.1) is 18.5 Å². The molecule has 0 fully saturated rings. The molecule has 108 valence electrons. The first-order valence-corrected chi connectivity index (χ1v) is 6.00. The van der Waals surface area contributed by atoms with Crippen LogP contribution in [-0.4, -0.2) is 31.1 Å². The Labute approximate surface area is 109 Å². The molecule has 7 heteroatoms. The average molecular weight is 278 g/mol. The fraction of sp³-hybridized carbons (Fsp3) is 0.583. The minimum atomic E-state index is -4.61. The molecule has 1 aromatic rings. The number of halogens is 3. The second kappa shape index (κ2) is 7.96. The van der Waals surface area contributed by atoms with Crippen LogP contribution in [0.15, 0.2) is 18.3 Å². The van der Waals surface area contributed by atoms with E-state index in [9.17, 15) is 13.2 Å². The van der Waals surface area contributed by atoms with E-state index in [4.69, 9.17) is 4.74 Å². The summed E-state index contributed by atoms with van der Waals surface area (Å²) in [5.74, 6) is 0.421. The van der Waals surface area contributed by atoms with Crippen LogP contribution in [0.2, 0.25) is 0 Å². The molecule has 0 atom stereocenters. The lowest BCUT2D eigenvalue weighted by Crippen LogP contribution is -2.18. The minimum Gasteiger partial charge on any atom is -0.490 e. The predicted molar refractivity (Wildman–Crippen MR) is 63.7 cm³/mol. The van der Waals surface area contributed by atoms with E-state index in [1.807, 2.05) is 0 Å². The van der Waals surface area contributed by atoms with Crippen LogP contribution in [0.1, 0.15) is 19.0 Å². The molecule has 1 heterocycles. The smallest absolute Gasteiger partial charge is 0.490 e. The van der Waals surface area contributed by atoms with E-state index in [-0.39, 0.29) is 6.61 Å². The van der Waals surface area contributed by atoms with Gasteiger partial charge in [-0.15, -0.1) is 13.2 Å². The van der Waals surface area contributed by atoms with Gasteiger partial charge in [-0.1, -0.05) is 6.92 Å². The summed E-state index contributed by atoms with van der Waals surface area (Å²) in [6.07, 6.45) is -2.09. The molecule has 1 N–H and O–H groups in total. The molecule has 0 radical (unpaired) electrons. The fourth-order valence-electron chi connectivity index (χ4n) is 1.31. The van der Waals surface area contributed by atoms with E-state index in [2.05, 4.69) is 22.0 Å². The highest BCUT2D eigenvalue weighted by molar-refractivity contribution is 5.19. The molecule has 0 bridgehead atoms. The molecule has 1 rings (SSSR count). The summed E-state index contributed by atoms with van der Waals surface area (Å²) in [4.78, 5) is 4.13. The third-order valence-electron chi connectivity index (χ3n) is 2.15. The predicted octanol–water partition coefficient (Wildman–Crippen LogP) is 2.50. The standard InChI is InChI=1S/C12H17F3N2O2/c1-2-5-16-8-10-3-4-11(9-17-10)18-6-7-19-12(13,14)15/h3-4,9,16H,2,5-8H2,1H3. The Hall–Kier alpha value is -1.34. The van der Waals surface area contributed by atoms with Crippen molar-refractivity contribution in [2.75, 3.05) is 19.8 Å². The van der Waals surface area contributed by atoms with Gasteiger partial charge < -0.3 is 10.1 Å². The molecule has 0 saturated carbocycles. The van der Waals surface area contributed by atoms with Crippen molar-refractivity contribution < 1.29 is 22.6 Å². The molecule has 0 unspecified atom stereocenters. The monoisotopic (exact) mass is 278 g/mol. The lowest BCUT2D eigenvalue weighted by molar-refractivity contribution is -0.325. The minimum absolute atomic E-state index is 0.172. The van der Waals surface area contributed by atoms with Crippen LogP contribution in [0.3, 0.4) is 0 Å². The lowest BCUT2D eigenvalue weighted by atomic mass is 10.3. The zero-order valence-electron chi connectivity index (χ0n) is 10.7. The van der Waals surface area contributed by atoms with Gasteiger partial charge in [0.2, 0.25) is 0 Å². The van der Waals surface area contributed by atoms with Crippen molar-refractivity contribution in [2.45, 2.75) is 26.3 Å². The Morgan fingerprint density at radius 1 is 1.26 bits per heavy atom. The van der Waals surface area contributed by atoms with Gasteiger partial charge in [-0.2, -0.15) is 0 Å². The first-order valence-electron chi connectivity index (χ1n) is 6.00. The third-order valence-corrected chi connectivity index (χ3v) is 2.15. The van der Waals surface area contributed by atoms with Gasteiger partial charge in [-0.3, -0.25) is 9.72 Å². The van der Waals surface area contributed by atoms with Crippen molar-refractivity contribution in [3.05, 3.63) is 24.0 Å². The van der Waals surface area contributed by atoms with Crippen LogP contribution >= 0.6 is 0 Å². The summed E-state index contributed by atoms with van der Waals surface area (Å²) >= 11 is 0. The number of nitrogens with zero attached hydrogens (tertiary/aromatic N) is 1. The second-order valence-electron chi connectivity index (χ2n) is 3.80. The Bertz CT molecular complexity index is 355. The summed E-state index contributed by atoms with van der Waals surface area (Å²) in [6, 6.07) is 3.44. The fourth-order valence-corrected chi connectivity index (χ4v) is 1.31. The maximum Gasteiger partial charge on any atom is 0.522 e. The molecule has 19 heavy (non-hydrogen) atoms. The SMILES string of the molecule is CCCNCc1ccc(OCCOC(F)(F)F)cn1. The van der Waals surface area contributed by atoms with E-state index in [1.165, 1.54) is 6.20 Å². The maximum absolute atomic E-state index is 11.7. The summed E-state index contributed by atoms with van der Waals surface area (Å²) < 4.78 is 43.7. The largest absolute Gasteiger partial charge is 0.522 e. The zero-order chi connectivity index (χ0) is 14.1. The molecular weight excluding hydrogens is 261 g/mol. The van der Waals surface area contributed by atoms with Crippen LogP contribution in [-0.2, 0) is 11.3 Å². The highest BCUT2D eigenvalue weighted by Crippen LogP contribution is 2.16. The normalized spacial score (nSPS) is 11.6. The first-order chi connectivity index (χ1) is 9.01. The van der Waals surface area contributed by atoms with Crippen molar-refractivity contribution in [3.63, 3.8) is 0 Å². The summed E-state index contributed by atoms with van der Waals surface area (Å²) in [6.45, 7) is 2.93. The number of alkyl halides is 3. The molecule has 0 aliphatic heterocycles. The van der Waals surface area contributed by atoms with Gasteiger partial charge in [0, 0.05) is 6.54 Å². The molecule has 4 nitrogen and oxygen atoms in total. The van der Waals surface area contributed by atoms with E-state index >= 15 is 0 Å². The second-order valence-corrected chi connectivity index (χ2v) is 3.80. The van der Waals surface area contributed by atoms with Crippen LogP contribution in [0, 0.1) is 0 Å². The first kappa shape index (κ1) is 15.7. The number of rotatable bonds is 8. The van der Waals surface area contributed by atoms with Gasteiger partial charge in [-0.05, 0) is 25.1 Å². The van der Waals surface area contributed by atoms with Gasteiger partial charge in [0.15, 0.2) is 0 Å². The molecule has 0 aliphatic carbocycles. The van der Waals surface area contributed by atoms with E-state index < -0.39 is 13.0 Å². The van der Waals surface area contributed by atoms with E-state index in [1.54, 1.807) is 12.1 Å². The average Bonchev–Trinajstić information content (AvgIpc) is 2.36. The lowest BCUT2D eigenvalue weighted by Gasteiger charge is -2.09. The Kier molecular flexibility index (Phi) is 6.58. The number of pyridine rings is 1. The highest BCUT2D eigenvalue weighted by atomic mass is 19.4. The topological polar surface area (TPSA) is 43.4 Å². The van der Waals surface area contributed by atoms with E-state index in [0.717, 1.165) is 18.7 Å². The Balaban J connectivity index is 2.24. The molecule has 0 saturated heterocycles. The molecule has 1 aromatic heterocycles. The molecule has 0 aromatic carbocycles. The maximum atomic E-state index is 11.7. The number of aromatic nitrogens is 1. The zero-order valence-corrected chi connectivity index (χ0v) is 10.7. The molecular formula is C12H17F3N2O2. The number of hydrogen-bond donors (Lipinski definition) is 1. The number of ether oxygens (including phenoxy) is 2. The van der Waals surface area contributed by atoms with Crippen molar-refractivity contribution in [1.29, 1.82) is 0 Å². The molecule has 0 amide bonds. The summed E-state index contributed by atoms with van der Waals surface area (Å²) in [7, 11) is 0. The van der Waals surface area contributed by atoms with Crippen LogP contribution < -0.4 is 10.1 Å². The van der Waals surface area contributed by atoms with Crippen molar-refractivity contribution in [2.24, 2.45) is 0 Å². The van der Waals surface area contributed by atoms with Crippen molar-refractivity contribution >= 4 is 0 Å². The Morgan fingerprint density at radius 2 is 2.05 bits per heavy atom. The van der Waals surface area contributed by atoms with Crippen LogP contribution in [0.25, 0.3) is 0 Å². The quantitative estimate of drug-likeness (QED) is 0.742. The van der Waals surface area contributed by atoms with E-state index in [0.29, 0.717) is 12.3 Å². The third kappa shape index (κ3) is 7.63. The van der Waals surface area contributed by atoms with Crippen LogP contribution in [0.5, 0.6) is 5.75 Å². The van der Waals surface area contributed by atoms with Crippen LogP contribution in [0.4, 0.5) is 13.2 Å². The van der Waals surface area contributed by atoms with Gasteiger partial charge >= 0.3 is 6.36 Å². The Morgan fingerprint density at radius 3 is 2.63 bits per heavy atom. The summed E-state index contributed by atoms with van der Waals surface area (Å²) in [5, 5.41) is 3.19. The summed E-state index contributed by atoms with van der Waals surface area (Å²) in [5.41, 5.74) is 0.854. The van der Waals surface area contributed by atoms with Crippen molar-refractivity contribution in [3.8, 4) is 5.75 Å². The number of hydrogen-bond acceptors (Lipinski definition) is 4. The molecule has 0 spiro atoms. The number of nitrogens with one attached hydrogen (secondary N) is 1. The highest BCUT2D eigenvalue weighted by Gasteiger charge is 2.28. The van der Waals surface area contributed by atoms with Gasteiger partial charge in [0.1, 0.15) is 12.4 Å².